The molecule has 0 aliphatic heterocycles. The maximum absolute atomic E-state index is 12.6. The molecule has 0 radical (unpaired) electrons. The minimum atomic E-state index is -4.76. The second-order valence-electron chi connectivity index (χ2n) is 15.1. The van der Waals surface area contributed by atoms with Crippen molar-refractivity contribution in [1.82, 2.24) is 0 Å². The Morgan fingerprint density at radius 3 is 1.38 bits per heavy atom. The van der Waals surface area contributed by atoms with Crippen LogP contribution in [0.5, 0.6) is 0 Å². The SMILES string of the molecule is CC/C=C/C/C=C/C/C=C/C/C=C/C/C=C/C/C=C/CCC(=O)O[C@H](COC(=O)CCC/C=C/C/C=C/C/C=C/C/C=C/CCCCCCCCC)COP(=O)(O)OC[C@H](N)C(=O)O. The Morgan fingerprint density at radius 1 is 0.500 bits per heavy atom. The zero-order chi connectivity index (χ0) is 47.0. The van der Waals surface area contributed by atoms with Gasteiger partial charge in [0.2, 0.25) is 0 Å². The smallest absolute Gasteiger partial charge is 0.472 e. The van der Waals surface area contributed by atoms with Crippen molar-refractivity contribution in [3.05, 3.63) is 122 Å². The zero-order valence-corrected chi connectivity index (χ0v) is 40.0. The predicted octanol–water partition coefficient (Wildman–Crippen LogP) is 13.2. The van der Waals surface area contributed by atoms with Crippen LogP contribution in [0.3, 0.4) is 0 Å². The van der Waals surface area contributed by atoms with Gasteiger partial charge in [0, 0.05) is 12.8 Å². The fourth-order valence-electron chi connectivity index (χ4n) is 5.55. The summed E-state index contributed by atoms with van der Waals surface area (Å²) in [5.41, 5.74) is 5.33. The van der Waals surface area contributed by atoms with Crippen LogP contribution in [-0.2, 0) is 37.5 Å². The molecular weight excluding hydrogens is 830 g/mol. The first-order valence-electron chi connectivity index (χ1n) is 23.6. The summed E-state index contributed by atoms with van der Waals surface area (Å²) in [5, 5.41) is 8.90. The van der Waals surface area contributed by atoms with E-state index in [1.807, 2.05) is 30.4 Å². The van der Waals surface area contributed by atoms with Gasteiger partial charge in [-0.05, 0) is 89.9 Å². The third-order valence-electron chi connectivity index (χ3n) is 9.21. The van der Waals surface area contributed by atoms with E-state index in [0.29, 0.717) is 25.7 Å². The first-order chi connectivity index (χ1) is 31.1. The van der Waals surface area contributed by atoms with Gasteiger partial charge < -0.3 is 25.2 Å². The number of unbranched alkanes of at least 4 members (excludes halogenated alkanes) is 8. The van der Waals surface area contributed by atoms with Crippen LogP contribution in [0.4, 0.5) is 0 Å². The highest BCUT2D eigenvalue weighted by Gasteiger charge is 2.28. The van der Waals surface area contributed by atoms with Crippen molar-refractivity contribution >= 4 is 25.7 Å². The summed E-state index contributed by atoms with van der Waals surface area (Å²) in [5.74, 6) is -2.57. The molecule has 0 saturated heterocycles. The van der Waals surface area contributed by atoms with Crippen molar-refractivity contribution in [2.45, 2.75) is 167 Å². The molecule has 0 aromatic carbocycles. The highest BCUT2D eigenvalue weighted by Crippen LogP contribution is 2.43. The van der Waals surface area contributed by atoms with Crippen LogP contribution in [0.1, 0.15) is 155 Å². The maximum atomic E-state index is 12.6. The van der Waals surface area contributed by atoms with Crippen LogP contribution in [0.25, 0.3) is 0 Å². The van der Waals surface area contributed by atoms with Crippen LogP contribution in [0.2, 0.25) is 0 Å². The molecule has 11 nitrogen and oxygen atoms in total. The topological polar surface area (TPSA) is 172 Å². The van der Waals surface area contributed by atoms with E-state index in [0.717, 1.165) is 51.4 Å². The first kappa shape index (κ1) is 59.9. The third kappa shape index (κ3) is 44.5. The van der Waals surface area contributed by atoms with Crippen LogP contribution >= 0.6 is 7.82 Å². The van der Waals surface area contributed by atoms with Gasteiger partial charge in [0.25, 0.3) is 0 Å². The molecule has 0 saturated carbocycles. The predicted molar refractivity (Wildman–Crippen MR) is 263 cm³/mol. The molecule has 0 aliphatic carbocycles. The summed E-state index contributed by atoms with van der Waals surface area (Å²) in [6.45, 7) is 2.54. The van der Waals surface area contributed by atoms with Crippen molar-refractivity contribution < 1.29 is 47.5 Å². The summed E-state index contributed by atoms with van der Waals surface area (Å²) in [6.07, 6.45) is 61.5. The highest BCUT2D eigenvalue weighted by atomic mass is 31.2. The van der Waals surface area contributed by atoms with Gasteiger partial charge in [0.15, 0.2) is 6.10 Å². The monoisotopic (exact) mass is 912 g/mol. The van der Waals surface area contributed by atoms with E-state index < -0.39 is 57.7 Å². The lowest BCUT2D eigenvalue weighted by Gasteiger charge is -2.20. The van der Waals surface area contributed by atoms with Crippen LogP contribution in [-0.4, -0.2) is 59.9 Å². The number of rotatable bonds is 42. The standard InChI is InChI=1S/C52H82NO10P/c1-3-5-7-9-11-13-15-17-19-21-23-24-26-27-29-31-33-35-37-39-41-43-50(54)60-45-48(46-61-64(58,59)62-47-49(53)52(56)57)63-51(55)44-42-40-38-36-34-32-30-28-25-22-20-18-16-14-12-10-8-6-4-2/h6,8,12,14,18-21,24-26,28-29,31-32,34-35,37-38,40,48-49H,3-5,7,9-11,13,15-17,22-23,27,30,33,36,39,41-47,53H2,1-2H3,(H,56,57)(H,58,59)/b8-6+,14-12+,20-18+,21-19+,26-24+,28-25+,31-29+,34-32+,37-35+,40-38+/t48-,49+/m1/s1. The molecule has 0 spiro atoms. The molecule has 64 heavy (non-hydrogen) atoms. The van der Waals surface area contributed by atoms with E-state index in [4.69, 9.17) is 24.8 Å². The molecule has 12 heteroatoms. The van der Waals surface area contributed by atoms with Gasteiger partial charge in [-0.2, -0.15) is 0 Å². The van der Waals surface area contributed by atoms with Gasteiger partial charge in [0.1, 0.15) is 12.6 Å². The number of phosphoric acid groups is 1. The van der Waals surface area contributed by atoms with Gasteiger partial charge in [-0.1, -0.05) is 174 Å². The lowest BCUT2D eigenvalue weighted by atomic mass is 10.1. The van der Waals surface area contributed by atoms with E-state index in [2.05, 4.69) is 110 Å². The zero-order valence-electron chi connectivity index (χ0n) is 39.1. The molecule has 0 rings (SSSR count). The van der Waals surface area contributed by atoms with E-state index in [1.54, 1.807) is 0 Å². The number of esters is 2. The molecule has 0 fully saturated rings. The quantitative estimate of drug-likeness (QED) is 0.0230. The van der Waals surface area contributed by atoms with Gasteiger partial charge in [-0.15, -0.1) is 0 Å². The Morgan fingerprint density at radius 2 is 0.906 bits per heavy atom. The van der Waals surface area contributed by atoms with Gasteiger partial charge in [0.05, 0.1) is 13.2 Å². The molecule has 0 amide bonds. The van der Waals surface area contributed by atoms with Gasteiger partial charge in [-0.25, -0.2) is 4.57 Å². The third-order valence-corrected chi connectivity index (χ3v) is 10.2. The van der Waals surface area contributed by atoms with Crippen LogP contribution < -0.4 is 5.73 Å². The van der Waals surface area contributed by atoms with E-state index >= 15 is 0 Å². The van der Waals surface area contributed by atoms with E-state index in [-0.39, 0.29) is 12.8 Å². The van der Waals surface area contributed by atoms with Crippen molar-refractivity contribution in [3.63, 3.8) is 0 Å². The number of carbonyl (C=O) groups excluding carboxylic acids is 2. The number of hydrogen-bond acceptors (Lipinski definition) is 9. The fraction of sp³-hybridized carbons (Fsp3) is 0.558. The molecule has 360 valence electrons. The second-order valence-corrected chi connectivity index (χ2v) is 16.6. The Kier molecular flexibility index (Phi) is 42.5. The Bertz CT molecular complexity index is 1540. The van der Waals surface area contributed by atoms with Crippen molar-refractivity contribution in [2.24, 2.45) is 5.73 Å². The number of phosphoric ester groups is 1. The number of carbonyl (C=O) groups is 3. The average Bonchev–Trinajstić information content (AvgIpc) is 3.27. The van der Waals surface area contributed by atoms with E-state index in [1.165, 1.54) is 51.4 Å². The summed E-state index contributed by atoms with van der Waals surface area (Å²) in [4.78, 5) is 46.0. The molecule has 0 aromatic heterocycles. The number of carboxylic acid groups (broad SMARTS) is 1. The molecule has 0 aliphatic rings. The van der Waals surface area contributed by atoms with Crippen LogP contribution in [0, 0.1) is 0 Å². The summed E-state index contributed by atoms with van der Waals surface area (Å²) in [6, 6.07) is -1.55. The van der Waals surface area contributed by atoms with Gasteiger partial charge in [-0.3, -0.25) is 23.4 Å². The Hall–Kier alpha value is -4.12. The lowest BCUT2D eigenvalue weighted by Crippen LogP contribution is -2.34. The number of aliphatic carboxylic acids is 1. The minimum absolute atomic E-state index is 0.0165. The second kappa shape index (κ2) is 45.4. The summed E-state index contributed by atoms with van der Waals surface area (Å²) >= 11 is 0. The Labute approximate surface area is 386 Å². The van der Waals surface area contributed by atoms with Gasteiger partial charge >= 0.3 is 25.7 Å². The minimum Gasteiger partial charge on any atom is -0.480 e. The fourth-order valence-corrected chi connectivity index (χ4v) is 6.33. The van der Waals surface area contributed by atoms with E-state index in [9.17, 15) is 23.8 Å². The molecular formula is C52H82NO10P. The normalized spacial score (nSPS) is 14.7. The lowest BCUT2D eigenvalue weighted by molar-refractivity contribution is -0.161. The average molecular weight is 912 g/mol. The highest BCUT2D eigenvalue weighted by molar-refractivity contribution is 7.47. The van der Waals surface area contributed by atoms with Crippen molar-refractivity contribution in [1.29, 1.82) is 0 Å². The molecule has 4 N–H and O–H groups in total. The summed E-state index contributed by atoms with van der Waals surface area (Å²) < 4.78 is 32.6. The van der Waals surface area contributed by atoms with Crippen LogP contribution in [0.15, 0.2) is 122 Å². The summed E-state index contributed by atoms with van der Waals surface area (Å²) in [7, 11) is -4.76. The number of ether oxygens (including phenoxy) is 2. The largest absolute Gasteiger partial charge is 0.480 e. The number of hydrogen-bond donors (Lipinski definition) is 3. The molecule has 0 aromatic rings. The molecule has 0 bridgehead atoms. The molecule has 3 atom stereocenters. The number of carboxylic acids is 1. The number of allylic oxidation sites excluding steroid dienone is 20. The molecule has 1 unspecified atom stereocenters. The van der Waals surface area contributed by atoms with Crippen molar-refractivity contribution in [3.8, 4) is 0 Å². The molecule has 0 heterocycles. The Balaban J connectivity index is 4.55. The first-order valence-corrected chi connectivity index (χ1v) is 25.1. The van der Waals surface area contributed by atoms with Crippen molar-refractivity contribution in [2.75, 3.05) is 19.8 Å². The number of nitrogens with two attached hydrogens (primary N) is 1. The maximum Gasteiger partial charge on any atom is 0.472 e.